The molecule has 2 aliphatic rings. The quantitative estimate of drug-likeness (QED) is 0.0505. The van der Waals surface area contributed by atoms with Gasteiger partial charge in [-0.25, -0.2) is 4.79 Å². The van der Waals surface area contributed by atoms with Crippen LogP contribution in [0, 0.1) is 17.8 Å². The number of nitrogens with one attached hydrogen (secondary N) is 4. The molecular weight excluding hydrogens is 1060 g/mol. The van der Waals surface area contributed by atoms with Gasteiger partial charge in [0.05, 0.1) is 18.0 Å². The number of aromatic hydroxyl groups is 2. The van der Waals surface area contributed by atoms with Crippen molar-refractivity contribution in [3.8, 4) is 11.5 Å². The Kier molecular flexibility index (Phi) is 22.6. The molecule has 0 saturated carbocycles. The van der Waals surface area contributed by atoms with Gasteiger partial charge >= 0.3 is 5.97 Å². The van der Waals surface area contributed by atoms with Crippen molar-refractivity contribution in [2.75, 3.05) is 19.9 Å². The van der Waals surface area contributed by atoms with Crippen LogP contribution in [0.3, 0.4) is 0 Å². The maximum absolute atomic E-state index is 15.1. The summed E-state index contributed by atoms with van der Waals surface area (Å²) in [6.07, 6.45) is -4.61. The molecule has 80 heavy (non-hydrogen) atoms. The van der Waals surface area contributed by atoms with E-state index in [2.05, 4.69) is 25.5 Å². The Bertz CT molecular complexity index is 2870. The van der Waals surface area contributed by atoms with Gasteiger partial charge < -0.3 is 56.2 Å². The molecule has 24 heteroatoms. The van der Waals surface area contributed by atoms with E-state index >= 15 is 4.79 Å². The summed E-state index contributed by atoms with van der Waals surface area (Å²) in [5.41, 5.74) is 1.37. The van der Waals surface area contributed by atoms with Crippen LogP contribution in [0.25, 0.3) is 0 Å². The minimum absolute atomic E-state index is 0.00581. The number of nitrogens with zero attached hydrogens (tertiary/aromatic N) is 2. The Labute approximate surface area is 464 Å². The number of amides is 6. The summed E-state index contributed by atoms with van der Waals surface area (Å²) in [5, 5.41) is 51.9. The maximum atomic E-state index is 15.1. The number of hydrogen-bond donors (Lipinski definition) is 8. The number of likely N-dealkylation sites (N-methyl/N-ethyl adjacent to an activating group) is 1. The van der Waals surface area contributed by atoms with Crippen LogP contribution in [0.2, 0.25) is 0 Å². The van der Waals surface area contributed by atoms with Crippen molar-refractivity contribution >= 4 is 63.1 Å². The Balaban J connectivity index is 1.55. The Morgan fingerprint density at radius 2 is 1.41 bits per heavy atom. The van der Waals surface area contributed by atoms with Crippen molar-refractivity contribution in [3.63, 3.8) is 0 Å². The summed E-state index contributed by atoms with van der Waals surface area (Å²) >= 11 is 0. The molecule has 0 spiro atoms. The first-order valence-corrected chi connectivity index (χ1v) is 28.0. The lowest BCUT2D eigenvalue weighted by Gasteiger charge is -2.42. The van der Waals surface area contributed by atoms with Crippen LogP contribution in [0.1, 0.15) is 83.4 Å². The third kappa shape index (κ3) is 17.7. The molecule has 2 saturated heterocycles. The molecule has 3 aromatic carbocycles. The van der Waals surface area contributed by atoms with E-state index in [1.165, 1.54) is 70.3 Å². The topological polar surface area (TPSA) is 342 Å². The van der Waals surface area contributed by atoms with E-state index in [9.17, 15) is 67.2 Å². The lowest BCUT2D eigenvalue weighted by Crippen LogP contribution is -2.62. The Morgan fingerprint density at radius 1 is 0.825 bits per heavy atom. The van der Waals surface area contributed by atoms with Crippen molar-refractivity contribution in [1.29, 1.82) is 0 Å². The summed E-state index contributed by atoms with van der Waals surface area (Å²) in [6.45, 7) is 6.18. The van der Waals surface area contributed by atoms with Gasteiger partial charge in [-0.1, -0.05) is 74.5 Å². The second kappa shape index (κ2) is 28.6. The molecule has 6 amide bonds. The number of cyclic esters (lactones) is 1. The van der Waals surface area contributed by atoms with Gasteiger partial charge in [0.2, 0.25) is 23.6 Å². The van der Waals surface area contributed by atoms with Gasteiger partial charge in [-0.2, -0.15) is 8.42 Å². The number of benzene rings is 3. The van der Waals surface area contributed by atoms with E-state index in [-0.39, 0.29) is 55.7 Å². The number of rotatable bonds is 18. The standard InChI is InChI=1S/C56H72N6O17S/c1-8-41-45(66)29-38-20-25-47(68)62(54(38)73)43(27-35-12-10-9-11-13-35)55(74)61(6)42(26-36-17-23-40(64)24-18-36)51(70)59-48(31(2)3)56(75)79-33(5)49(53(72)58-41)60-50(69)37(19-14-34-15-21-39(63)22-16-34)28-44(65)32(4)57-52(71)46(67)30-78-80(7,76)77/h8-13,15-18,21-24,31-33,37-38,42-43,46-49,63-64,67-68H,14,19-20,25-30H2,1-7H3,(H,57,71)(H,58,72)(H,59,70)(H,60,69)/b41-8-. The molecule has 2 aliphatic heterocycles. The summed E-state index contributed by atoms with van der Waals surface area (Å²) in [7, 11) is -2.70. The second-order valence-corrected chi connectivity index (χ2v) is 22.2. The predicted molar refractivity (Wildman–Crippen MR) is 288 cm³/mol. The number of aliphatic hydroxyl groups is 2. The van der Waals surface area contributed by atoms with Crippen LogP contribution < -0.4 is 21.3 Å². The molecule has 23 nitrogen and oxygen atoms in total. The summed E-state index contributed by atoms with van der Waals surface area (Å²) in [5.74, 6) is -11.4. The normalized spacial score (nSPS) is 23.6. The monoisotopic (exact) mass is 1130 g/mol. The van der Waals surface area contributed by atoms with Crippen LogP contribution in [0.5, 0.6) is 11.5 Å². The largest absolute Gasteiger partial charge is 0.508 e. The molecule has 2 fully saturated rings. The summed E-state index contributed by atoms with van der Waals surface area (Å²) in [6, 6.07) is 12.9. The molecule has 2 bridgehead atoms. The molecule has 8 N–H and O–H groups in total. The van der Waals surface area contributed by atoms with E-state index in [0.29, 0.717) is 22.9 Å². The number of ether oxygens (including phenoxy) is 1. The van der Waals surface area contributed by atoms with Gasteiger partial charge in [0.25, 0.3) is 21.9 Å². The molecular formula is C56H72N6O17S. The Morgan fingerprint density at radius 3 is 2.00 bits per heavy atom. The zero-order valence-corrected chi connectivity index (χ0v) is 46.5. The fourth-order valence-electron chi connectivity index (χ4n) is 9.30. The number of piperidine rings is 1. The van der Waals surface area contributed by atoms with E-state index in [4.69, 9.17) is 4.74 Å². The van der Waals surface area contributed by atoms with E-state index in [0.717, 1.165) is 9.80 Å². The lowest BCUT2D eigenvalue weighted by atomic mass is 9.88. The molecule has 5 rings (SSSR count). The third-order valence-electron chi connectivity index (χ3n) is 14.0. The highest BCUT2D eigenvalue weighted by Gasteiger charge is 2.45. The number of esters is 1. The number of Topliss-reactive ketones (excluding diaryl/α,β-unsaturated/α-hetero) is 2. The zero-order valence-electron chi connectivity index (χ0n) is 45.7. The van der Waals surface area contributed by atoms with Crippen LogP contribution in [0.4, 0.5) is 0 Å². The number of allylic oxidation sites excluding steroid dienone is 2. The smallest absolute Gasteiger partial charge is 0.329 e. The first-order chi connectivity index (χ1) is 37.7. The van der Waals surface area contributed by atoms with Crippen LogP contribution in [0.15, 0.2) is 90.6 Å². The minimum Gasteiger partial charge on any atom is -0.508 e. The van der Waals surface area contributed by atoms with E-state index in [1.54, 1.807) is 56.3 Å². The molecule has 0 aromatic heterocycles. The minimum atomic E-state index is -4.05. The molecule has 434 valence electrons. The van der Waals surface area contributed by atoms with Crippen molar-refractivity contribution < 1.29 is 80.9 Å². The molecule has 0 aliphatic carbocycles. The van der Waals surface area contributed by atoms with E-state index in [1.807, 2.05) is 0 Å². The highest BCUT2D eigenvalue weighted by molar-refractivity contribution is 7.86. The van der Waals surface area contributed by atoms with Crippen molar-refractivity contribution in [3.05, 3.63) is 107 Å². The number of aryl methyl sites for hydroxylation is 1. The SMILES string of the molecule is C/C=C1\NC(=O)C(NC(=O)C(CCc2ccc(O)cc2)CC(=O)C(C)NC(=O)C(O)COS(C)(=O)=O)C(C)OC(=O)C(C(C)C)NC(=O)C(Cc2ccc(O)cc2)N(C)C(=O)C(Cc2ccccc2)N2C(=O)C(CCC2O)CC1=O. The predicted octanol–water partition coefficient (Wildman–Crippen LogP) is 1.24. The number of phenols is 2. The maximum Gasteiger partial charge on any atom is 0.329 e. The number of hydrogen-bond acceptors (Lipinski definition) is 17. The van der Waals surface area contributed by atoms with Crippen LogP contribution >= 0.6 is 0 Å². The van der Waals surface area contributed by atoms with Gasteiger partial charge in [-0.15, -0.1) is 0 Å². The fraction of sp³-hybridized carbons (Fsp3) is 0.482. The first-order valence-electron chi connectivity index (χ1n) is 26.2. The fourth-order valence-corrected chi connectivity index (χ4v) is 9.68. The molecule has 0 radical (unpaired) electrons. The van der Waals surface area contributed by atoms with Gasteiger partial charge in [-0.3, -0.25) is 42.5 Å². The van der Waals surface area contributed by atoms with Crippen molar-refractivity contribution in [1.82, 2.24) is 31.1 Å². The third-order valence-corrected chi connectivity index (χ3v) is 14.6. The molecule has 2 heterocycles. The number of ketones is 2. The molecule has 10 unspecified atom stereocenters. The molecule has 3 aromatic rings. The number of fused-ring (bicyclic) bond motifs is 2. The van der Waals surface area contributed by atoms with Crippen molar-refractivity contribution in [2.24, 2.45) is 17.8 Å². The highest BCUT2D eigenvalue weighted by atomic mass is 32.2. The Hall–Kier alpha value is -7.54. The second-order valence-electron chi connectivity index (χ2n) is 20.5. The summed E-state index contributed by atoms with van der Waals surface area (Å²) < 4.78 is 33.3. The number of phenolic OH excluding ortho intramolecular Hbond substituents is 2. The van der Waals surface area contributed by atoms with Crippen LogP contribution in [-0.4, -0.2) is 160 Å². The van der Waals surface area contributed by atoms with Crippen LogP contribution in [-0.2, 0) is 81.5 Å². The van der Waals surface area contributed by atoms with Gasteiger partial charge in [-0.05, 0) is 93.3 Å². The molecule has 10 atom stereocenters. The summed E-state index contributed by atoms with van der Waals surface area (Å²) in [4.78, 5) is 131. The lowest BCUT2D eigenvalue weighted by molar-refractivity contribution is -0.167. The number of carbonyl (C=O) groups excluding carboxylic acids is 9. The van der Waals surface area contributed by atoms with Gasteiger partial charge in [0.15, 0.2) is 17.7 Å². The first kappa shape index (κ1) is 63.3. The number of aliphatic hydroxyl groups excluding tert-OH is 2. The number of carbonyl (C=O) groups is 9. The zero-order chi connectivity index (χ0) is 59.2. The van der Waals surface area contributed by atoms with Crippen molar-refractivity contribution in [2.45, 2.75) is 135 Å². The highest BCUT2D eigenvalue weighted by Crippen LogP contribution is 2.30. The average molecular weight is 1130 g/mol. The average Bonchev–Trinajstić information content (AvgIpc) is 3.45. The van der Waals surface area contributed by atoms with Gasteiger partial charge in [0.1, 0.15) is 54.6 Å². The van der Waals surface area contributed by atoms with Gasteiger partial charge in [0, 0.05) is 44.6 Å². The van der Waals surface area contributed by atoms with E-state index < -0.39 is 149 Å².